The second-order valence-corrected chi connectivity index (χ2v) is 8.89. The molecular weight excluding hydrogens is 548 g/mol. The lowest BCUT2D eigenvalue weighted by atomic mass is 10.1. The minimum Gasteiger partial charge on any atom is -0.488 e. The molecule has 0 spiro atoms. The van der Waals surface area contributed by atoms with Crippen LogP contribution in [-0.4, -0.2) is 23.9 Å². The van der Waals surface area contributed by atoms with E-state index in [-0.39, 0.29) is 11.3 Å². The summed E-state index contributed by atoms with van der Waals surface area (Å²) < 4.78 is 6.74. The number of carbonyl (C=O) groups excluding carboxylic acids is 3. The fourth-order valence-corrected chi connectivity index (χ4v) is 3.63. The first-order valence-electron chi connectivity index (χ1n) is 11.6. The Morgan fingerprint density at radius 1 is 0.763 bits per heavy atom. The molecule has 0 atom stereocenters. The highest BCUT2D eigenvalue weighted by Gasteiger charge is 2.18. The van der Waals surface area contributed by atoms with Crippen LogP contribution in [0.15, 0.2) is 113 Å². The minimum atomic E-state index is -0.993. The zero-order valence-corrected chi connectivity index (χ0v) is 21.6. The van der Waals surface area contributed by atoms with Crippen molar-refractivity contribution in [2.75, 3.05) is 10.6 Å². The summed E-state index contributed by atoms with van der Waals surface area (Å²) in [6, 6.07) is 30.3. The predicted octanol–water partition coefficient (Wildman–Crippen LogP) is 5.37. The Morgan fingerprint density at radius 2 is 1.45 bits per heavy atom. The van der Waals surface area contributed by atoms with E-state index in [0.717, 1.165) is 10.0 Å². The van der Waals surface area contributed by atoms with E-state index in [0.29, 0.717) is 23.6 Å². The van der Waals surface area contributed by atoms with E-state index in [9.17, 15) is 14.4 Å². The predicted molar refractivity (Wildman–Crippen MR) is 150 cm³/mol. The van der Waals surface area contributed by atoms with E-state index >= 15 is 0 Å². The maximum absolute atomic E-state index is 12.8. The van der Waals surface area contributed by atoms with E-state index in [1.807, 2.05) is 42.5 Å². The van der Waals surface area contributed by atoms with Crippen LogP contribution in [0.25, 0.3) is 0 Å². The van der Waals surface area contributed by atoms with E-state index in [2.05, 4.69) is 37.1 Å². The van der Waals surface area contributed by atoms with Crippen LogP contribution >= 0.6 is 15.9 Å². The lowest BCUT2D eigenvalue weighted by Gasteiger charge is -2.11. The first kappa shape index (κ1) is 26.3. The van der Waals surface area contributed by atoms with Crippen molar-refractivity contribution in [2.24, 2.45) is 5.10 Å². The average Bonchev–Trinajstić information content (AvgIpc) is 2.94. The standard InChI is InChI=1S/C29H23BrN4O4/c30-22-14-16-23(17-15-22)32-27(35)24-11-5-6-12-25(24)33-28(36)29(37)34-31-18-21-10-4-7-13-26(21)38-19-20-8-2-1-3-9-20/h1-18H,19H2,(H,32,35)(H,33,36)(H,34,37)/b31-18+. The quantitative estimate of drug-likeness (QED) is 0.150. The van der Waals surface area contributed by atoms with Crippen LogP contribution in [0.5, 0.6) is 5.75 Å². The van der Waals surface area contributed by atoms with Crippen molar-refractivity contribution in [1.82, 2.24) is 5.43 Å². The normalized spacial score (nSPS) is 10.6. The van der Waals surface area contributed by atoms with Gasteiger partial charge in [0.05, 0.1) is 17.5 Å². The summed E-state index contributed by atoms with van der Waals surface area (Å²) in [7, 11) is 0. The lowest BCUT2D eigenvalue weighted by Crippen LogP contribution is -2.33. The molecule has 3 N–H and O–H groups in total. The molecule has 4 rings (SSSR count). The zero-order chi connectivity index (χ0) is 26.7. The van der Waals surface area contributed by atoms with Gasteiger partial charge >= 0.3 is 11.8 Å². The van der Waals surface area contributed by atoms with Crippen molar-refractivity contribution >= 4 is 51.2 Å². The number of hydrogen-bond acceptors (Lipinski definition) is 5. The second kappa shape index (κ2) is 13.0. The Balaban J connectivity index is 1.35. The van der Waals surface area contributed by atoms with Gasteiger partial charge in [-0.15, -0.1) is 0 Å². The van der Waals surface area contributed by atoms with E-state index in [1.54, 1.807) is 54.6 Å². The van der Waals surface area contributed by atoms with E-state index in [1.165, 1.54) is 12.3 Å². The van der Waals surface area contributed by atoms with Crippen LogP contribution in [0.2, 0.25) is 0 Å². The molecule has 190 valence electrons. The van der Waals surface area contributed by atoms with Crippen LogP contribution < -0.4 is 20.8 Å². The number of nitrogens with zero attached hydrogens (tertiary/aromatic N) is 1. The van der Waals surface area contributed by atoms with Gasteiger partial charge in [0.1, 0.15) is 12.4 Å². The van der Waals surface area contributed by atoms with Gasteiger partial charge in [-0.25, -0.2) is 5.43 Å². The molecule has 0 unspecified atom stereocenters. The molecule has 0 fully saturated rings. The molecule has 38 heavy (non-hydrogen) atoms. The van der Waals surface area contributed by atoms with Gasteiger partial charge in [0.25, 0.3) is 5.91 Å². The van der Waals surface area contributed by atoms with Crippen LogP contribution in [-0.2, 0) is 16.2 Å². The zero-order valence-electron chi connectivity index (χ0n) is 20.1. The number of ether oxygens (including phenoxy) is 1. The molecule has 3 amide bonds. The van der Waals surface area contributed by atoms with Crippen LogP contribution in [0.1, 0.15) is 21.5 Å². The topological polar surface area (TPSA) is 109 Å². The SMILES string of the molecule is O=C(N/N=C/c1ccccc1OCc1ccccc1)C(=O)Nc1ccccc1C(=O)Nc1ccc(Br)cc1. The van der Waals surface area contributed by atoms with E-state index < -0.39 is 17.7 Å². The molecule has 0 aliphatic rings. The molecule has 0 aromatic heterocycles. The second-order valence-electron chi connectivity index (χ2n) is 7.97. The Labute approximate surface area is 227 Å². The number of amides is 3. The average molecular weight is 571 g/mol. The highest BCUT2D eigenvalue weighted by Crippen LogP contribution is 2.20. The number of rotatable bonds is 8. The summed E-state index contributed by atoms with van der Waals surface area (Å²) >= 11 is 3.34. The number of nitrogens with one attached hydrogen (secondary N) is 3. The number of anilines is 2. The molecule has 0 saturated carbocycles. The Hall–Kier alpha value is -4.76. The fourth-order valence-electron chi connectivity index (χ4n) is 3.37. The number of para-hydroxylation sites is 2. The molecule has 0 heterocycles. The van der Waals surface area contributed by atoms with Crippen LogP contribution in [0, 0.1) is 0 Å². The highest BCUT2D eigenvalue weighted by atomic mass is 79.9. The lowest BCUT2D eigenvalue weighted by molar-refractivity contribution is -0.136. The fraction of sp³-hybridized carbons (Fsp3) is 0.0345. The van der Waals surface area contributed by atoms with Gasteiger partial charge in [-0.1, -0.05) is 70.5 Å². The third kappa shape index (κ3) is 7.37. The van der Waals surface area contributed by atoms with Crippen molar-refractivity contribution in [2.45, 2.75) is 6.61 Å². The summed E-state index contributed by atoms with van der Waals surface area (Å²) in [5, 5.41) is 9.12. The summed E-state index contributed by atoms with van der Waals surface area (Å²) in [6.07, 6.45) is 1.39. The highest BCUT2D eigenvalue weighted by molar-refractivity contribution is 9.10. The number of carbonyl (C=O) groups is 3. The molecular formula is C29H23BrN4O4. The van der Waals surface area contributed by atoms with Crippen molar-refractivity contribution < 1.29 is 19.1 Å². The molecule has 0 saturated heterocycles. The number of hydrogen-bond donors (Lipinski definition) is 3. The Morgan fingerprint density at radius 3 is 2.24 bits per heavy atom. The van der Waals surface area contributed by atoms with Crippen molar-refractivity contribution in [3.63, 3.8) is 0 Å². The van der Waals surface area contributed by atoms with Gasteiger partial charge in [0, 0.05) is 15.7 Å². The van der Waals surface area contributed by atoms with Gasteiger partial charge in [-0.2, -0.15) is 5.10 Å². The van der Waals surface area contributed by atoms with Gasteiger partial charge in [0.15, 0.2) is 0 Å². The first-order valence-corrected chi connectivity index (χ1v) is 12.3. The molecule has 0 radical (unpaired) electrons. The molecule has 9 heteroatoms. The van der Waals surface area contributed by atoms with E-state index in [4.69, 9.17) is 4.74 Å². The molecule has 4 aromatic rings. The molecule has 0 aliphatic heterocycles. The summed E-state index contributed by atoms with van der Waals surface area (Å²) in [5.74, 6) is -1.83. The molecule has 8 nitrogen and oxygen atoms in total. The molecule has 4 aromatic carbocycles. The summed E-state index contributed by atoms with van der Waals surface area (Å²) in [5.41, 5.74) is 4.80. The minimum absolute atomic E-state index is 0.186. The Kier molecular flexibility index (Phi) is 8.98. The largest absolute Gasteiger partial charge is 0.488 e. The maximum atomic E-state index is 12.8. The van der Waals surface area contributed by atoms with Gasteiger partial charge < -0.3 is 15.4 Å². The van der Waals surface area contributed by atoms with Gasteiger partial charge in [-0.05, 0) is 54.1 Å². The summed E-state index contributed by atoms with van der Waals surface area (Å²) in [4.78, 5) is 37.6. The monoisotopic (exact) mass is 570 g/mol. The summed E-state index contributed by atoms with van der Waals surface area (Å²) in [6.45, 7) is 0.370. The van der Waals surface area contributed by atoms with Crippen LogP contribution in [0.4, 0.5) is 11.4 Å². The Bertz CT molecular complexity index is 1460. The maximum Gasteiger partial charge on any atom is 0.329 e. The third-order valence-electron chi connectivity index (χ3n) is 5.25. The first-order chi connectivity index (χ1) is 18.5. The molecule has 0 bridgehead atoms. The number of hydrazone groups is 1. The third-order valence-corrected chi connectivity index (χ3v) is 5.78. The van der Waals surface area contributed by atoms with Gasteiger partial charge in [0.2, 0.25) is 0 Å². The van der Waals surface area contributed by atoms with Crippen molar-refractivity contribution in [3.8, 4) is 5.75 Å². The van der Waals surface area contributed by atoms with Crippen molar-refractivity contribution in [3.05, 3.63) is 124 Å². The number of halogens is 1. The smallest absolute Gasteiger partial charge is 0.329 e. The molecule has 0 aliphatic carbocycles. The number of benzene rings is 4. The van der Waals surface area contributed by atoms with Gasteiger partial charge in [-0.3, -0.25) is 14.4 Å². The van der Waals surface area contributed by atoms with Crippen molar-refractivity contribution in [1.29, 1.82) is 0 Å². The van der Waals surface area contributed by atoms with Crippen LogP contribution in [0.3, 0.4) is 0 Å².